The lowest BCUT2D eigenvalue weighted by molar-refractivity contribution is -0.124. The third-order valence-corrected chi connectivity index (χ3v) is 7.63. The SMILES string of the molecule is COc1ccc([C@@H]2[C@H](C(=O)NC3CCCCCC3)c3ccccc3C(=O)N2c2ccc(OC)cc2)cc1. The molecule has 3 aromatic carbocycles. The van der Waals surface area contributed by atoms with E-state index in [0.29, 0.717) is 17.0 Å². The van der Waals surface area contributed by atoms with Crippen molar-refractivity contribution in [2.75, 3.05) is 19.1 Å². The second-order valence-corrected chi connectivity index (χ2v) is 9.85. The van der Waals surface area contributed by atoms with Gasteiger partial charge in [0, 0.05) is 17.3 Å². The lowest BCUT2D eigenvalue weighted by Gasteiger charge is -2.42. The van der Waals surface area contributed by atoms with Crippen molar-refractivity contribution in [1.29, 1.82) is 0 Å². The first-order valence-corrected chi connectivity index (χ1v) is 13.1. The van der Waals surface area contributed by atoms with Crippen LogP contribution in [0.1, 0.15) is 72.0 Å². The first-order valence-electron chi connectivity index (χ1n) is 13.1. The number of ether oxygens (including phenoxy) is 2. The van der Waals surface area contributed by atoms with E-state index in [2.05, 4.69) is 5.32 Å². The van der Waals surface area contributed by atoms with Crippen LogP contribution in [-0.2, 0) is 4.79 Å². The van der Waals surface area contributed by atoms with Crippen molar-refractivity contribution in [3.05, 3.63) is 89.5 Å². The normalized spacial score (nSPS) is 20.1. The first kappa shape index (κ1) is 24.9. The zero-order chi connectivity index (χ0) is 25.8. The molecule has 5 rings (SSSR count). The van der Waals surface area contributed by atoms with Gasteiger partial charge in [-0.3, -0.25) is 14.5 Å². The van der Waals surface area contributed by atoms with E-state index in [1.54, 1.807) is 19.1 Å². The number of carbonyl (C=O) groups excluding carboxylic acids is 2. The van der Waals surface area contributed by atoms with Crippen LogP contribution < -0.4 is 19.7 Å². The van der Waals surface area contributed by atoms with Crippen molar-refractivity contribution in [3.8, 4) is 11.5 Å². The van der Waals surface area contributed by atoms with E-state index >= 15 is 0 Å². The van der Waals surface area contributed by atoms with Gasteiger partial charge >= 0.3 is 0 Å². The van der Waals surface area contributed by atoms with Gasteiger partial charge < -0.3 is 14.8 Å². The molecule has 192 valence electrons. The first-order chi connectivity index (χ1) is 18.1. The predicted molar refractivity (Wildman–Crippen MR) is 144 cm³/mol. The Bertz CT molecular complexity index is 1230. The van der Waals surface area contributed by atoms with E-state index in [0.717, 1.165) is 42.6 Å². The average Bonchev–Trinajstić information content (AvgIpc) is 3.21. The molecule has 6 heteroatoms. The Hall–Kier alpha value is -3.80. The number of rotatable bonds is 6. The molecule has 3 aromatic rings. The second-order valence-electron chi connectivity index (χ2n) is 9.85. The van der Waals surface area contributed by atoms with Crippen LogP contribution in [0.15, 0.2) is 72.8 Å². The van der Waals surface area contributed by atoms with Gasteiger partial charge in [0.15, 0.2) is 0 Å². The minimum Gasteiger partial charge on any atom is -0.497 e. The van der Waals surface area contributed by atoms with Crippen LogP contribution in [0.2, 0.25) is 0 Å². The van der Waals surface area contributed by atoms with E-state index in [4.69, 9.17) is 9.47 Å². The maximum atomic E-state index is 14.1. The van der Waals surface area contributed by atoms with Crippen molar-refractivity contribution in [3.63, 3.8) is 0 Å². The van der Waals surface area contributed by atoms with Crippen molar-refractivity contribution in [1.82, 2.24) is 5.32 Å². The van der Waals surface area contributed by atoms with Crippen LogP contribution in [0.3, 0.4) is 0 Å². The highest BCUT2D eigenvalue weighted by Crippen LogP contribution is 2.45. The van der Waals surface area contributed by atoms with Gasteiger partial charge in [0.05, 0.1) is 26.2 Å². The fourth-order valence-corrected chi connectivity index (χ4v) is 5.70. The van der Waals surface area contributed by atoms with E-state index < -0.39 is 12.0 Å². The maximum Gasteiger partial charge on any atom is 0.259 e. The predicted octanol–water partition coefficient (Wildman–Crippen LogP) is 6.03. The number of nitrogens with one attached hydrogen (secondary N) is 1. The summed E-state index contributed by atoms with van der Waals surface area (Å²) >= 11 is 0. The number of hydrogen-bond donors (Lipinski definition) is 1. The number of fused-ring (bicyclic) bond motifs is 1. The summed E-state index contributed by atoms with van der Waals surface area (Å²) in [5.74, 6) is 0.706. The molecule has 0 saturated heterocycles. The fraction of sp³-hybridized carbons (Fsp3) is 0.355. The Labute approximate surface area is 218 Å². The van der Waals surface area contributed by atoms with Gasteiger partial charge in [-0.15, -0.1) is 0 Å². The molecule has 1 heterocycles. The minimum atomic E-state index is -0.562. The van der Waals surface area contributed by atoms with Crippen LogP contribution in [0, 0.1) is 0 Å². The lowest BCUT2D eigenvalue weighted by atomic mass is 9.78. The topological polar surface area (TPSA) is 67.9 Å². The molecule has 0 bridgehead atoms. The summed E-state index contributed by atoms with van der Waals surface area (Å²) in [5.41, 5.74) is 2.92. The molecule has 0 spiro atoms. The van der Waals surface area contributed by atoms with Crippen molar-refractivity contribution >= 4 is 17.5 Å². The van der Waals surface area contributed by atoms with Gasteiger partial charge in [-0.2, -0.15) is 0 Å². The fourth-order valence-electron chi connectivity index (χ4n) is 5.70. The Balaban J connectivity index is 1.63. The standard InChI is InChI=1S/C31H34N2O4/c1-36-24-17-13-21(14-18-24)29-28(30(34)32-22-9-5-3-4-6-10-22)26-11-7-8-12-27(26)31(35)33(29)23-15-19-25(37-2)20-16-23/h7-8,11-20,22,28-29H,3-6,9-10H2,1-2H3,(H,32,34)/t28-,29-/m1/s1. The number of carbonyl (C=O) groups is 2. The van der Waals surface area contributed by atoms with Gasteiger partial charge in [-0.05, 0) is 66.4 Å². The Morgan fingerprint density at radius 2 is 1.41 bits per heavy atom. The quantitative estimate of drug-likeness (QED) is 0.422. The summed E-state index contributed by atoms with van der Waals surface area (Å²) in [7, 11) is 3.24. The molecule has 6 nitrogen and oxygen atoms in total. The van der Waals surface area contributed by atoms with E-state index in [1.807, 2.05) is 72.8 Å². The molecular weight excluding hydrogens is 464 g/mol. The third kappa shape index (κ3) is 5.06. The zero-order valence-corrected chi connectivity index (χ0v) is 21.5. The van der Waals surface area contributed by atoms with E-state index in [9.17, 15) is 9.59 Å². The summed E-state index contributed by atoms with van der Waals surface area (Å²) in [4.78, 5) is 29.9. The molecule has 1 saturated carbocycles. The molecule has 2 atom stereocenters. The molecule has 2 aliphatic rings. The van der Waals surface area contributed by atoms with Gasteiger partial charge in [0.25, 0.3) is 5.91 Å². The summed E-state index contributed by atoms with van der Waals surface area (Å²) in [6.45, 7) is 0. The molecule has 0 radical (unpaired) electrons. The number of nitrogens with zero attached hydrogens (tertiary/aromatic N) is 1. The molecule has 0 aromatic heterocycles. The van der Waals surface area contributed by atoms with Crippen molar-refractivity contribution in [2.45, 2.75) is 56.5 Å². The van der Waals surface area contributed by atoms with Crippen molar-refractivity contribution < 1.29 is 19.1 Å². The average molecular weight is 499 g/mol. The number of anilines is 1. The Kier molecular flexibility index (Phi) is 7.45. The van der Waals surface area contributed by atoms with Crippen LogP contribution in [0.25, 0.3) is 0 Å². The molecule has 0 unspecified atom stereocenters. The Morgan fingerprint density at radius 3 is 2.03 bits per heavy atom. The van der Waals surface area contributed by atoms with Gasteiger partial charge in [0.1, 0.15) is 11.5 Å². The molecular formula is C31H34N2O4. The zero-order valence-electron chi connectivity index (χ0n) is 21.5. The van der Waals surface area contributed by atoms with Crippen molar-refractivity contribution in [2.24, 2.45) is 0 Å². The highest BCUT2D eigenvalue weighted by molar-refractivity contribution is 6.11. The summed E-state index contributed by atoms with van der Waals surface area (Å²) in [6.07, 6.45) is 6.68. The van der Waals surface area contributed by atoms with Gasteiger partial charge in [-0.1, -0.05) is 56.0 Å². The monoisotopic (exact) mass is 498 g/mol. The molecule has 1 aliphatic carbocycles. The number of amides is 2. The molecule has 1 N–H and O–H groups in total. The van der Waals surface area contributed by atoms with Gasteiger partial charge in [-0.25, -0.2) is 0 Å². The highest BCUT2D eigenvalue weighted by atomic mass is 16.5. The van der Waals surface area contributed by atoms with Gasteiger partial charge in [0.2, 0.25) is 5.91 Å². The summed E-state index contributed by atoms with van der Waals surface area (Å²) in [6, 6.07) is 22.3. The molecule has 1 fully saturated rings. The summed E-state index contributed by atoms with van der Waals surface area (Å²) < 4.78 is 10.7. The molecule has 1 aliphatic heterocycles. The lowest BCUT2D eigenvalue weighted by Crippen LogP contribution is -2.49. The largest absolute Gasteiger partial charge is 0.497 e. The molecule has 2 amide bonds. The second kappa shape index (κ2) is 11.1. The smallest absolute Gasteiger partial charge is 0.259 e. The van der Waals surface area contributed by atoms with Crippen LogP contribution in [0.4, 0.5) is 5.69 Å². The highest BCUT2D eigenvalue weighted by Gasteiger charge is 2.45. The summed E-state index contributed by atoms with van der Waals surface area (Å²) in [5, 5.41) is 3.38. The number of methoxy groups -OCH3 is 2. The van der Waals surface area contributed by atoms with E-state index in [-0.39, 0.29) is 17.9 Å². The Morgan fingerprint density at radius 1 is 0.811 bits per heavy atom. The van der Waals surface area contributed by atoms with Crippen LogP contribution >= 0.6 is 0 Å². The third-order valence-electron chi connectivity index (χ3n) is 7.63. The minimum absolute atomic E-state index is 0.0359. The maximum absolute atomic E-state index is 14.1. The molecule has 37 heavy (non-hydrogen) atoms. The van der Waals surface area contributed by atoms with Crippen LogP contribution in [-0.4, -0.2) is 32.1 Å². The van der Waals surface area contributed by atoms with Crippen LogP contribution in [0.5, 0.6) is 11.5 Å². The van der Waals surface area contributed by atoms with E-state index in [1.165, 1.54) is 12.8 Å². The number of benzene rings is 3. The number of hydrogen-bond acceptors (Lipinski definition) is 4.